The van der Waals surface area contributed by atoms with Gasteiger partial charge in [0, 0.05) is 31.4 Å². The second-order valence-corrected chi connectivity index (χ2v) is 6.27. The summed E-state index contributed by atoms with van der Waals surface area (Å²) in [5.74, 6) is 0. The monoisotopic (exact) mass is 308 g/mol. The normalized spacial score (nSPS) is 23.7. The van der Waals surface area contributed by atoms with Crippen LogP contribution in [0.2, 0.25) is 5.15 Å². The van der Waals surface area contributed by atoms with Crippen molar-refractivity contribution < 1.29 is 4.79 Å². The summed E-state index contributed by atoms with van der Waals surface area (Å²) in [6.45, 7) is 5.05. The fourth-order valence-corrected chi connectivity index (χ4v) is 3.33. The lowest BCUT2D eigenvalue weighted by Gasteiger charge is -2.49. The molecule has 0 aliphatic carbocycles. The Hall–Kier alpha value is -1.33. The van der Waals surface area contributed by atoms with Gasteiger partial charge in [0.25, 0.3) is 0 Å². The highest BCUT2D eigenvalue weighted by atomic mass is 35.5. The summed E-state index contributed by atoms with van der Waals surface area (Å²) in [4.78, 5) is 20.5. The number of amides is 2. The third-order valence-electron chi connectivity index (χ3n) is 4.47. The van der Waals surface area contributed by atoms with E-state index in [9.17, 15) is 4.79 Å². The molecule has 5 nitrogen and oxygen atoms in total. The summed E-state index contributed by atoms with van der Waals surface area (Å²) in [6.07, 6.45) is 5.48. The summed E-state index contributed by atoms with van der Waals surface area (Å²) in [7, 11) is 0. The largest absolute Gasteiger partial charge is 0.322 e. The molecule has 1 N–H and O–H groups in total. The Morgan fingerprint density at radius 2 is 2.24 bits per heavy atom. The maximum Gasteiger partial charge on any atom is 0.322 e. The predicted molar refractivity (Wildman–Crippen MR) is 83.6 cm³/mol. The van der Waals surface area contributed by atoms with E-state index in [1.165, 1.54) is 19.3 Å². The van der Waals surface area contributed by atoms with Crippen LogP contribution in [-0.4, -0.2) is 52.5 Å². The highest BCUT2D eigenvalue weighted by Crippen LogP contribution is 2.25. The van der Waals surface area contributed by atoms with Crippen LogP contribution in [0.3, 0.4) is 0 Å². The van der Waals surface area contributed by atoms with Crippen molar-refractivity contribution in [2.24, 2.45) is 0 Å². The minimum atomic E-state index is -0.0918. The first-order valence-electron chi connectivity index (χ1n) is 7.57. The molecule has 0 spiro atoms. The molecular formula is C15H21ClN4O. The smallest absolute Gasteiger partial charge is 0.321 e. The van der Waals surface area contributed by atoms with Crippen molar-refractivity contribution in [3.8, 4) is 0 Å². The van der Waals surface area contributed by atoms with Gasteiger partial charge in [-0.1, -0.05) is 18.0 Å². The van der Waals surface area contributed by atoms with Crippen LogP contribution in [0, 0.1) is 0 Å². The first-order chi connectivity index (χ1) is 10.1. The molecule has 2 fully saturated rings. The van der Waals surface area contributed by atoms with Crippen LogP contribution >= 0.6 is 11.6 Å². The number of anilines is 1. The fraction of sp³-hybridized carbons (Fsp3) is 0.600. The Balaban J connectivity index is 1.52. The van der Waals surface area contributed by atoms with E-state index in [0.29, 0.717) is 22.9 Å². The quantitative estimate of drug-likeness (QED) is 0.855. The van der Waals surface area contributed by atoms with Gasteiger partial charge < -0.3 is 10.2 Å². The number of nitrogens with zero attached hydrogens (tertiary/aromatic N) is 3. The number of carbonyl (C=O) groups is 1. The maximum absolute atomic E-state index is 12.2. The number of carbonyl (C=O) groups excluding carboxylic acids is 1. The molecule has 3 rings (SSSR count). The Morgan fingerprint density at radius 3 is 2.95 bits per heavy atom. The van der Waals surface area contributed by atoms with Gasteiger partial charge >= 0.3 is 6.03 Å². The highest BCUT2D eigenvalue weighted by molar-refractivity contribution is 6.32. The van der Waals surface area contributed by atoms with E-state index in [2.05, 4.69) is 22.1 Å². The number of aromatic nitrogens is 1. The van der Waals surface area contributed by atoms with E-state index in [1.807, 2.05) is 4.90 Å². The van der Waals surface area contributed by atoms with Crippen LogP contribution in [0.25, 0.3) is 0 Å². The van der Waals surface area contributed by atoms with E-state index in [0.717, 1.165) is 19.6 Å². The molecule has 0 saturated carbocycles. The van der Waals surface area contributed by atoms with Gasteiger partial charge in [-0.05, 0) is 38.4 Å². The van der Waals surface area contributed by atoms with Gasteiger partial charge in [-0.3, -0.25) is 4.90 Å². The first kappa shape index (κ1) is 14.6. The van der Waals surface area contributed by atoms with Gasteiger partial charge in [-0.2, -0.15) is 0 Å². The van der Waals surface area contributed by atoms with Gasteiger partial charge in [-0.25, -0.2) is 9.78 Å². The fourth-order valence-electron chi connectivity index (χ4n) is 3.17. The average molecular weight is 309 g/mol. The zero-order valence-electron chi connectivity index (χ0n) is 12.3. The van der Waals surface area contributed by atoms with Gasteiger partial charge in [0.15, 0.2) is 5.15 Å². The molecule has 0 radical (unpaired) electrons. The molecule has 1 aromatic rings. The maximum atomic E-state index is 12.2. The molecule has 0 aromatic carbocycles. The summed E-state index contributed by atoms with van der Waals surface area (Å²) in [6, 6.07) is 4.58. The molecule has 2 aliphatic heterocycles. The third kappa shape index (κ3) is 3.14. The lowest BCUT2D eigenvalue weighted by molar-refractivity contribution is 0.0199. The van der Waals surface area contributed by atoms with Crippen molar-refractivity contribution in [3.05, 3.63) is 23.5 Å². The number of hydrogen-bond acceptors (Lipinski definition) is 3. The third-order valence-corrected chi connectivity index (χ3v) is 4.77. The standard InChI is InChI=1S/C15H21ClN4O/c1-11-5-2-3-8-20(11)12-9-19(10-12)15(21)18-13-6-4-7-17-14(13)16/h4,6-7,11-12H,2-3,5,8-10H2,1H3,(H,18,21)/t11-/m1/s1. The number of likely N-dealkylation sites (tertiary alicyclic amines) is 2. The Morgan fingerprint density at radius 1 is 1.43 bits per heavy atom. The topological polar surface area (TPSA) is 48.5 Å². The van der Waals surface area contributed by atoms with Crippen LogP contribution in [-0.2, 0) is 0 Å². The number of pyridine rings is 1. The second kappa shape index (κ2) is 6.20. The minimum Gasteiger partial charge on any atom is -0.321 e. The van der Waals surface area contributed by atoms with Gasteiger partial charge in [0.05, 0.1) is 5.69 Å². The van der Waals surface area contributed by atoms with Crippen molar-refractivity contribution in [2.45, 2.75) is 38.3 Å². The van der Waals surface area contributed by atoms with Crippen LogP contribution < -0.4 is 5.32 Å². The van der Waals surface area contributed by atoms with Crippen molar-refractivity contribution in [2.75, 3.05) is 25.0 Å². The minimum absolute atomic E-state index is 0.0918. The molecule has 6 heteroatoms. The van der Waals surface area contributed by atoms with Crippen LogP contribution in [0.15, 0.2) is 18.3 Å². The van der Waals surface area contributed by atoms with Gasteiger partial charge in [0.1, 0.15) is 0 Å². The molecule has 0 bridgehead atoms. The number of hydrogen-bond donors (Lipinski definition) is 1. The van der Waals surface area contributed by atoms with E-state index < -0.39 is 0 Å². The number of nitrogens with one attached hydrogen (secondary N) is 1. The molecule has 2 saturated heterocycles. The molecule has 0 unspecified atom stereocenters. The van der Waals surface area contributed by atoms with Crippen molar-refractivity contribution in [3.63, 3.8) is 0 Å². The molecule has 3 heterocycles. The molecule has 1 aromatic heterocycles. The molecule has 114 valence electrons. The number of halogens is 1. The number of piperidine rings is 1. The Bertz CT molecular complexity index is 518. The van der Waals surface area contributed by atoms with Crippen LogP contribution in [0.1, 0.15) is 26.2 Å². The van der Waals surface area contributed by atoms with E-state index >= 15 is 0 Å². The summed E-state index contributed by atoms with van der Waals surface area (Å²) in [5, 5.41) is 3.15. The van der Waals surface area contributed by atoms with Gasteiger partial charge in [0.2, 0.25) is 0 Å². The molecule has 2 aliphatic rings. The Labute approximate surface area is 130 Å². The van der Waals surface area contributed by atoms with Crippen LogP contribution in [0.5, 0.6) is 0 Å². The van der Waals surface area contributed by atoms with Crippen molar-refractivity contribution in [1.82, 2.24) is 14.8 Å². The summed E-state index contributed by atoms with van der Waals surface area (Å²) in [5.41, 5.74) is 0.568. The molecular weight excluding hydrogens is 288 g/mol. The second-order valence-electron chi connectivity index (χ2n) is 5.91. The lowest BCUT2D eigenvalue weighted by Crippen LogP contribution is -2.64. The summed E-state index contributed by atoms with van der Waals surface area (Å²) >= 11 is 5.95. The molecule has 21 heavy (non-hydrogen) atoms. The predicted octanol–water partition coefficient (Wildman–Crippen LogP) is 2.83. The number of rotatable bonds is 2. The van der Waals surface area contributed by atoms with E-state index in [-0.39, 0.29) is 6.03 Å². The average Bonchev–Trinajstić information content (AvgIpc) is 2.42. The summed E-state index contributed by atoms with van der Waals surface area (Å²) < 4.78 is 0. The first-order valence-corrected chi connectivity index (χ1v) is 7.95. The lowest BCUT2D eigenvalue weighted by atomic mass is 9.98. The molecule has 1 atom stereocenters. The van der Waals surface area contributed by atoms with E-state index in [4.69, 9.17) is 11.6 Å². The van der Waals surface area contributed by atoms with Crippen LogP contribution in [0.4, 0.5) is 10.5 Å². The van der Waals surface area contributed by atoms with Crippen molar-refractivity contribution in [1.29, 1.82) is 0 Å². The molecule has 2 amide bonds. The zero-order chi connectivity index (χ0) is 14.8. The number of urea groups is 1. The van der Waals surface area contributed by atoms with E-state index in [1.54, 1.807) is 18.3 Å². The Kier molecular flexibility index (Phi) is 4.31. The SMILES string of the molecule is C[C@@H]1CCCCN1C1CN(C(=O)Nc2cccnc2Cl)C1. The van der Waals surface area contributed by atoms with Crippen molar-refractivity contribution >= 4 is 23.3 Å². The van der Waals surface area contributed by atoms with Gasteiger partial charge in [-0.15, -0.1) is 0 Å². The highest BCUT2D eigenvalue weighted by Gasteiger charge is 2.37. The zero-order valence-corrected chi connectivity index (χ0v) is 13.0.